The zero-order valence-corrected chi connectivity index (χ0v) is 16.1. The van der Waals surface area contributed by atoms with Crippen molar-refractivity contribution < 1.29 is 13.2 Å². The predicted molar refractivity (Wildman–Crippen MR) is 104 cm³/mol. The van der Waals surface area contributed by atoms with Crippen molar-refractivity contribution in [2.45, 2.75) is 45.3 Å². The first kappa shape index (κ1) is 20.2. The predicted octanol–water partition coefficient (Wildman–Crippen LogP) is 6.05. The van der Waals surface area contributed by atoms with E-state index in [2.05, 4.69) is 43.5 Å². The molecule has 2 aromatic rings. The Morgan fingerprint density at radius 2 is 1.58 bits per heavy atom. The van der Waals surface area contributed by atoms with Crippen LogP contribution in [0.5, 0.6) is 0 Å². The Labute approximate surface area is 157 Å². The average molecular weight is 380 g/mol. The summed E-state index contributed by atoms with van der Waals surface area (Å²) in [5.74, 6) is 0. The van der Waals surface area contributed by atoms with Crippen LogP contribution in [0.15, 0.2) is 48.5 Å². The molecule has 0 bridgehead atoms. The van der Waals surface area contributed by atoms with Crippen LogP contribution in [0.25, 0.3) is 0 Å². The van der Waals surface area contributed by atoms with Crippen molar-refractivity contribution in [1.82, 2.24) is 5.32 Å². The van der Waals surface area contributed by atoms with E-state index in [9.17, 15) is 13.2 Å². The topological polar surface area (TPSA) is 24.1 Å². The maximum Gasteiger partial charge on any atom is 0.416 e. The molecule has 0 saturated heterocycles. The van der Waals surface area contributed by atoms with Crippen LogP contribution in [0.2, 0.25) is 0 Å². The molecule has 6 heteroatoms. The molecule has 2 N–H and O–H groups in total. The highest BCUT2D eigenvalue weighted by atomic mass is 32.1. The standard InChI is InChI=1S/C20H23F3N2S/c1-13(14-8-10-15(11-9-14)19(2,3)4)24-18(26)25-17-7-5-6-16(12-17)20(21,22)23/h5-13H,1-4H3,(H2,24,25,26)/t13-/m1/s1. The van der Waals surface area contributed by atoms with E-state index in [4.69, 9.17) is 12.2 Å². The van der Waals surface area contributed by atoms with Gasteiger partial charge in [0.2, 0.25) is 0 Å². The molecule has 0 unspecified atom stereocenters. The fraction of sp³-hybridized carbons (Fsp3) is 0.350. The number of nitrogens with one attached hydrogen (secondary N) is 2. The van der Waals surface area contributed by atoms with Crippen LogP contribution < -0.4 is 10.6 Å². The van der Waals surface area contributed by atoms with Crippen LogP contribution in [0.1, 0.15) is 50.4 Å². The molecule has 0 aliphatic carbocycles. The van der Waals surface area contributed by atoms with Crippen LogP contribution >= 0.6 is 12.2 Å². The summed E-state index contributed by atoms with van der Waals surface area (Å²) in [6.07, 6.45) is -4.38. The zero-order valence-electron chi connectivity index (χ0n) is 15.2. The van der Waals surface area contributed by atoms with Crippen molar-refractivity contribution in [2.24, 2.45) is 0 Å². The van der Waals surface area contributed by atoms with Crippen LogP contribution in [0.4, 0.5) is 18.9 Å². The minimum Gasteiger partial charge on any atom is -0.356 e. The molecule has 2 nitrogen and oxygen atoms in total. The lowest BCUT2D eigenvalue weighted by molar-refractivity contribution is -0.137. The molecular formula is C20H23F3N2S. The Kier molecular flexibility index (Phi) is 5.96. The number of benzene rings is 2. The number of alkyl halides is 3. The summed E-state index contributed by atoms with van der Waals surface area (Å²) in [5.41, 5.74) is 1.95. The van der Waals surface area contributed by atoms with Crippen molar-refractivity contribution in [1.29, 1.82) is 0 Å². The molecule has 0 spiro atoms. The van der Waals surface area contributed by atoms with Gasteiger partial charge in [-0.15, -0.1) is 0 Å². The molecule has 0 amide bonds. The van der Waals surface area contributed by atoms with Crippen LogP contribution in [-0.2, 0) is 11.6 Å². The molecule has 0 radical (unpaired) electrons. The molecule has 0 saturated carbocycles. The average Bonchev–Trinajstić information content (AvgIpc) is 2.53. The lowest BCUT2D eigenvalue weighted by Crippen LogP contribution is -2.31. The number of hydrogen-bond acceptors (Lipinski definition) is 1. The molecule has 0 aromatic heterocycles. The Morgan fingerprint density at radius 3 is 2.12 bits per heavy atom. The summed E-state index contributed by atoms with van der Waals surface area (Å²) in [6, 6.07) is 13.1. The van der Waals surface area contributed by atoms with E-state index in [0.717, 1.165) is 17.7 Å². The molecule has 140 valence electrons. The van der Waals surface area contributed by atoms with Crippen LogP contribution in [-0.4, -0.2) is 5.11 Å². The maximum absolute atomic E-state index is 12.8. The van der Waals surface area contributed by atoms with Crippen molar-refractivity contribution in [3.8, 4) is 0 Å². The van der Waals surface area contributed by atoms with E-state index in [0.29, 0.717) is 5.69 Å². The fourth-order valence-electron chi connectivity index (χ4n) is 2.49. The van der Waals surface area contributed by atoms with Gasteiger partial charge in [0.25, 0.3) is 0 Å². The zero-order chi connectivity index (χ0) is 19.5. The van der Waals surface area contributed by atoms with E-state index in [1.54, 1.807) is 6.07 Å². The smallest absolute Gasteiger partial charge is 0.356 e. The Morgan fingerprint density at radius 1 is 0.962 bits per heavy atom. The first-order valence-electron chi connectivity index (χ1n) is 8.32. The molecule has 1 atom stereocenters. The Hall–Kier alpha value is -2.08. The minimum absolute atomic E-state index is 0.0742. The molecule has 0 aliphatic heterocycles. The summed E-state index contributed by atoms with van der Waals surface area (Å²) >= 11 is 5.23. The second-order valence-corrected chi connectivity index (χ2v) is 7.68. The molecule has 0 heterocycles. The molecular weight excluding hydrogens is 357 g/mol. The summed E-state index contributed by atoms with van der Waals surface area (Å²) in [6.45, 7) is 8.40. The highest BCUT2D eigenvalue weighted by Crippen LogP contribution is 2.30. The summed E-state index contributed by atoms with van der Waals surface area (Å²) in [4.78, 5) is 0. The van der Waals surface area contributed by atoms with E-state index < -0.39 is 11.7 Å². The van der Waals surface area contributed by atoms with E-state index >= 15 is 0 Å². The van der Waals surface area contributed by atoms with E-state index in [-0.39, 0.29) is 16.6 Å². The van der Waals surface area contributed by atoms with Gasteiger partial charge in [-0.1, -0.05) is 51.1 Å². The third-order valence-electron chi connectivity index (χ3n) is 4.07. The number of rotatable bonds is 3. The van der Waals surface area contributed by atoms with Gasteiger partial charge in [-0.2, -0.15) is 13.2 Å². The molecule has 0 fully saturated rings. The van der Waals surface area contributed by atoms with Crippen molar-refractivity contribution in [3.63, 3.8) is 0 Å². The lowest BCUT2D eigenvalue weighted by atomic mass is 9.86. The highest BCUT2D eigenvalue weighted by Gasteiger charge is 2.30. The fourth-order valence-corrected chi connectivity index (χ4v) is 2.79. The number of hydrogen-bond donors (Lipinski definition) is 2. The van der Waals surface area contributed by atoms with Gasteiger partial charge in [0.15, 0.2) is 5.11 Å². The highest BCUT2D eigenvalue weighted by molar-refractivity contribution is 7.80. The molecule has 2 rings (SSSR count). The third-order valence-corrected chi connectivity index (χ3v) is 4.29. The molecule has 0 aliphatic rings. The minimum atomic E-state index is -4.38. The number of thiocarbonyl (C=S) groups is 1. The Balaban J connectivity index is 2.01. The van der Waals surface area contributed by atoms with Gasteiger partial charge in [-0.05, 0) is 53.9 Å². The van der Waals surface area contributed by atoms with E-state index in [1.807, 2.05) is 19.1 Å². The van der Waals surface area contributed by atoms with Crippen LogP contribution in [0, 0.1) is 0 Å². The van der Waals surface area contributed by atoms with Crippen molar-refractivity contribution >= 4 is 23.0 Å². The molecule has 26 heavy (non-hydrogen) atoms. The second kappa shape index (κ2) is 7.66. The third kappa shape index (κ3) is 5.46. The quantitative estimate of drug-likeness (QED) is 0.634. The summed E-state index contributed by atoms with van der Waals surface area (Å²) in [5, 5.41) is 6.19. The van der Waals surface area contributed by atoms with Gasteiger partial charge < -0.3 is 10.6 Å². The molecule has 2 aromatic carbocycles. The summed E-state index contributed by atoms with van der Waals surface area (Å²) in [7, 11) is 0. The number of anilines is 1. The van der Waals surface area contributed by atoms with Gasteiger partial charge in [-0.3, -0.25) is 0 Å². The van der Waals surface area contributed by atoms with Crippen LogP contribution in [0.3, 0.4) is 0 Å². The van der Waals surface area contributed by atoms with Gasteiger partial charge >= 0.3 is 6.18 Å². The maximum atomic E-state index is 12.8. The van der Waals surface area contributed by atoms with E-state index in [1.165, 1.54) is 11.6 Å². The lowest BCUT2D eigenvalue weighted by Gasteiger charge is -2.21. The first-order chi connectivity index (χ1) is 12.0. The van der Waals surface area contributed by atoms with Gasteiger partial charge in [0.05, 0.1) is 11.6 Å². The largest absolute Gasteiger partial charge is 0.416 e. The normalized spacial score (nSPS) is 13.2. The first-order valence-corrected chi connectivity index (χ1v) is 8.73. The van der Waals surface area contributed by atoms with Gasteiger partial charge in [0.1, 0.15) is 0 Å². The monoisotopic (exact) mass is 380 g/mol. The van der Waals surface area contributed by atoms with Crippen molar-refractivity contribution in [2.75, 3.05) is 5.32 Å². The summed E-state index contributed by atoms with van der Waals surface area (Å²) < 4.78 is 38.3. The second-order valence-electron chi connectivity index (χ2n) is 7.27. The van der Waals surface area contributed by atoms with Crippen molar-refractivity contribution in [3.05, 3.63) is 65.2 Å². The van der Waals surface area contributed by atoms with Gasteiger partial charge in [-0.25, -0.2) is 0 Å². The number of halogens is 3. The SMILES string of the molecule is C[C@@H](NC(=S)Nc1cccc(C(F)(F)F)c1)c1ccc(C(C)(C)C)cc1. The van der Waals surface area contributed by atoms with Gasteiger partial charge in [0, 0.05) is 5.69 Å². The Bertz CT molecular complexity index is 762.